The molecule has 1 amide bonds. The quantitative estimate of drug-likeness (QED) is 0.838. The fourth-order valence-corrected chi connectivity index (χ4v) is 4.60. The third-order valence-electron chi connectivity index (χ3n) is 3.92. The molecule has 1 saturated carbocycles. The molecule has 1 aromatic rings. The fourth-order valence-electron chi connectivity index (χ4n) is 2.60. The largest absolute Gasteiger partial charge is 0.324 e. The molecule has 1 heterocycles. The van der Waals surface area contributed by atoms with E-state index in [-0.39, 0.29) is 24.1 Å². The number of hydrogen-bond acceptors (Lipinski definition) is 3. The maximum atomic E-state index is 12.5. The van der Waals surface area contributed by atoms with Gasteiger partial charge in [-0.1, -0.05) is 30.3 Å². The van der Waals surface area contributed by atoms with E-state index < -0.39 is 16.2 Å². The van der Waals surface area contributed by atoms with Crippen molar-refractivity contribution in [3.05, 3.63) is 35.9 Å². The molecule has 5 nitrogen and oxygen atoms in total. The normalized spacial score (nSPS) is 24.4. The predicted molar refractivity (Wildman–Crippen MR) is 75.2 cm³/mol. The molecule has 2 aliphatic rings. The van der Waals surface area contributed by atoms with Crippen LogP contribution >= 0.6 is 0 Å². The second kappa shape index (κ2) is 4.86. The molecule has 1 aliphatic heterocycles. The van der Waals surface area contributed by atoms with E-state index in [4.69, 9.17) is 0 Å². The first-order valence-corrected chi connectivity index (χ1v) is 8.40. The van der Waals surface area contributed by atoms with E-state index in [1.807, 2.05) is 30.3 Å². The van der Waals surface area contributed by atoms with E-state index in [0.717, 1.165) is 18.4 Å². The molecule has 0 spiro atoms. The van der Waals surface area contributed by atoms with Gasteiger partial charge in [-0.3, -0.25) is 4.79 Å². The van der Waals surface area contributed by atoms with Crippen LogP contribution in [0.3, 0.4) is 0 Å². The molecule has 20 heavy (non-hydrogen) atoms. The van der Waals surface area contributed by atoms with Gasteiger partial charge in [0.05, 0.1) is 12.3 Å². The summed E-state index contributed by atoms with van der Waals surface area (Å²) in [6.07, 6.45) is 1.45. The number of carbonyl (C=O) groups excluding carboxylic acids is 1. The summed E-state index contributed by atoms with van der Waals surface area (Å²) in [5.41, 5.74) is 0.834. The van der Waals surface area contributed by atoms with Crippen LogP contribution in [0.25, 0.3) is 0 Å². The van der Waals surface area contributed by atoms with Gasteiger partial charge >= 0.3 is 0 Å². The number of rotatable bonds is 4. The highest BCUT2D eigenvalue weighted by molar-refractivity contribution is 7.89. The lowest BCUT2D eigenvalue weighted by molar-refractivity contribution is -0.126. The molecule has 3 rings (SSSR count). The van der Waals surface area contributed by atoms with E-state index in [2.05, 4.69) is 0 Å². The van der Waals surface area contributed by atoms with Crippen LogP contribution in [0.2, 0.25) is 0 Å². The molecule has 0 aromatic heterocycles. The molecule has 2 fully saturated rings. The van der Waals surface area contributed by atoms with Gasteiger partial charge in [0.2, 0.25) is 15.9 Å². The Hall–Kier alpha value is -1.40. The lowest BCUT2D eigenvalue weighted by Gasteiger charge is -2.27. The zero-order valence-electron chi connectivity index (χ0n) is 11.4. The van der Waals surface area contributed by atoms with Crippen molar-refractivity contribution in [1.82, 2.24) is 9.21 Å². The van der Waals surface area contributed by atoms with Gasteiger partial charge in [-0.05, 0) is 24.3 Å². The van der Waals surface area contributed by atoms with E-state index >= 15 is 0 Å². The molecule has 1 aliphatic carbocycles. The van der Waals surface area contributed by atoms with Crippen LogP contribution in [-0.2, 0) is 14.8 Å². The minimum absolute atomic E-state index is 0.0505. The van der Waals surface area contributed by atoms with Gasteiger partial charge in [-0.2, -0.15) is 4.31 Å². The van der Waals surface area contributed by atoms with Crippen molar-refractivity contribution in [1.29, 1.82) is 0 Å². The minimum Gasteiger partial charge on any atom is -0.324 e. The van der Waals surface area contributed by atoms with Crippen LogP contribution in [0.5, 0.6) is 0 Å². The van der Waals surface area contributed by atoms with Gasteiger partial charge in [-0.15, -0.1) is 0 Å². The SMILES string of the molecule is CN1C(=O)CN(S(=O)(=O)CC2CC2)[C@H]1c1ccccc1. The van der Waals surface area contributed by atoms with Crippen molar-refractivity contribution in [2.75, 3.05) is 19.3 Å². The highest BCUT2D eigenvalue weighted by Gasteiger charge is 2.44. The van der Waals surface area contributed by atoms with Crippen molar-refractivity contribution in [2.45, 2.75) is 19.0 Å². The highest BCUT2D eigenvalue weighted by Crippen LogP contribution is 2.36. The topological polar surface area (TPSA) is 57.7 Å². The van der Waals surface area contributed by atoms with Crippen molar-refractivity contribution in [2.24, 2.45) is 5.92 Å². The zero-order valence-corrected chi connectivity index (χ0v) is 12.2. The predicted octanol–water partition coefficient (Wildman–Crippen LogP) is 1.20. The minimum atomic E-state index is -3.39. The maximum absolute atomic E-state index is 12.5. The summed E-state index contributed by atoms with van der Waals surface area (Å²) < 4.78 is 26.4. The average molecular weight is 294 g/mol. The van der Waals surface area contributed by atoms with Crippen molar-refractivity contribution < 1.29 is 13.2 Å². The van der Waals surface area contributed by atoms with E-state index in [1.165, 1.54) is 9.21 Å². The van der Waals surface area contributed by atoms with Crippen LogP contribution in [0.1, 0.15) is 24.6 Å². The Morgan fingerprint density at radius 1 is 1.20 bits per heavy atom. The number of nitrogens with zero attached hydrogens (tertiary/aromatic N) is 2. The molecule has 1 aromatic carbocycles. The van der Waals surface area contributed by atoms with Crippen LogP contribution in [0, 0.1) is 5.92 Å². The first kappa shape index (κ1) is 13.6. The molecule has 1 atom stereocenters. The Kier molecular flexibility index (Phi) is 3.30. The van der Waals surface area contributed by atoms with Crippen LogP contribution in [0.4, 0.5) is 0 Å². The van der Waals surface area contributed by atoms with Crippen LogP contribution in [0.15, 0.2) is 30.3 Å². The number of sulfonamides is 1. The van der Waals surface area contributed by atoms with Crippen molar-refractivity contribution in [3.8, 4) is 0 Å². The highest BCUT2D eigenvalue weighted by atomic mass is 32.2. The van der Waals surface area contributed by atoms with Gasteiger partial charge in [0.1, 0.15) is 6.17 Å². The first-order valence-electron chi connectivity index (χ1n) is 6.79. The lowest BCUT2D eigenvalue weighted by atomic mass is 10.2. The summed E-state index contributed by atoms with van der Waals surface area (Å²) in [6.45, 7) is -0.0505. The molecule has 0 N–H and O–H groups in total. The van der Waals surface area contributed by atoms with Crippen LogP contribution in [-0.4, -0.2) is 42.9 Å². The standard InChI is InChI=1S/C14H18N2O3S/c1-15-13(17)9-16(20(18,19)10-11-7-8-11)14(15)12-5-3-2-4-6-12/h2-6,11,14H,7-10H2,1H3/t14-/m0/s1. The second-order valence-electron chi connectivity index (χ2n) is 5.56. The zero-order chi connectivity index (χ0) is 14.3. The number of carbonyl (C=O) groups is 1. The smallest absolute Gasteiger partial charge is 0.239 e. The molecular formula is C14H18N2O3S. The Labute approximate surface area is 119 Å². The van der Waals surface area contributed by atoms with Gasteiger partial charge in [0.15, 0.2) is 0 Å². The Balaban J connectivity index is 1.94. The van der Waals surface area contributed by atoms with Gasteiger partial charge in [0, 0.05) is 7.05 Å². The average Bonchev–Trinajstić information content (AvgIpc) is 3.16. The van der Waals surface area contributed by atoms with E-state index in [9.17, 15) is 13.2 Å². The molecule has 1 saturated heterocycles. The van der Waals surface area contributed by atoms with Gasteiger partial charge in [0.25, 0.3) is 0 Å². The van der Waals surface area contributed by atoms with Crippen LogP contribution < -0.4 is 0 Å². The number of likely N-dealkylation sites (N-methyl/N-ethyl adjacent to an activating group) is 1. The van der Waals surface area contributed by atoms with Crippen molar-refractivity contribution >= 4 is 15.9 Å². The first-order chi connectivity index (χ1) is 9.49. The lowest BCUT2D eigenvalue weighted by Crippen LogP contribution is -2.36. The number of benzene rings is 1. The van der Waals surface area contributed by atoms with E-state index in [0.29, 0.717) is 0 Å². The monoisotopic (exact) mass is 294 g/mol. The summed E-state index contributed by atoms with van der Waals surface area (Å²) in [7, 11) is -1.73. The maximum Gasteiger partial charge on any atom is 0.239 e. The van der Waals surface area contributed by atoms with E-state index in [1.54, 1.807) is 7.05 Å². The summed E-state index contributed by atoms with van der Waals surface area (Å²) in [5.74, 6) is 0.285. The Bertz CT molecular complexity index is 611. The summed E-state index contributed by atoms with van der Waals surface area (Å²) in [4.78, 5) is 13.4. The number of amides is 1. The molecule has 0 radical (unpaired) electrons. The summed E-state index contributed by atoms with van der Waals surface area (Å²) in [6, 6.07) is 9.32. The second-order valence-corrected chi connectivity index (χ2v) is 7.52. The molecule has 0 bridgehead atoms. The molecule has 0 unspecified atom stereocenters. The Morgan fingerprint density at radius 3 is 2.45 bits per heavy atom. The summed E-state index contributed by atoms with van der Waals surface area (Å²) in [5, 5.41) is 0. The van der Waals surface area contributed by atoms with Crippen molar-refractivity contribution in [3.63, 3.8) is 0 Å². The fraction of sp³-hybridized carbons (Fsp3) is 0.500. The molecule has 108 valence electrons. The third kappa shape index (κ3) is 2.45. The number of hydrogen-bond donors (Lipinski definition) is 0. The van der Waals surface area contributed by atoms with Gasteiger partial charge < -0.3 is 4.90 Å². The Morgan fingerprint density at radius 2 is 1.85 bits per heavy atom. The molecule has 6 heteroatoms. The van der Waals surface area contributed by atoms with Gasteiger partial charge in [-0.25, -0.2) is 8.42 Å². The summed E-state index contributed by atoms with van der Waals surface area (Å²) >= 11 is 0. The third-order valence-corrected chi connectivity index (χ3v) is 5.86. The molecular weight excluding hydrogens is 276 g/mol.